The van der Waals surface area contributed by atoms with E-state index in [9.17, 15) is 0 Å². The van der Waals surface area contributed by atoms with Crippen LogP contribution in [0.3, 0.4) is 0 Å². The first kappa shape index (κ1) is 13.9. The summed E-state index contributed by atoms with van der Waals surface area (Å²) in [6.45, 7) is 10.5. The predicted molar refractivity (Wildman–Crippen MR) is 68.8 cm³/mol. The van der Waals surface area contributed by atoms with Crippen LogP contribution in [-0.2, 0) is 0 Å². The van der Waals surface area contributed by atoms with Crippen LogP contribution in [0.25, 0.3) is 5.57 Å². The molecule has 0 aliphatic carbocycles. The summed E-state index contributed by atoms with van der Waals surface area (Å²) in [6, 6.07) is 4.02. The van der Waals surface area contributed by atoms with Gasteiger partial charge in [-0.15, -0.1) is 0 Å². The van der Waals surface area contributed by atoms with Crippen LogP contribution in [0.2, 0.25) is 0 Å². The van der Waals surface area contributed by atoms with Crippen molar-refractivity contribution in [1.82, 2.24) is 4.98 Å². The number of hydrogen-bond donors (Lipinski definition) is 0. The number of allylic oxidation sites excluding steroid dienone is 1. The van der Waals surface area contributed by atoms with E-state index in [1.807, 2.05) is 24.5 Å². The molecule has 0 N–H and O–H groups in total. The number of rotatable bonds is 4. The highest BCUT2D eigenvalue weighted by molar-refractivity contribution is 5.62. The topological polar surface area (TPSA) is 12.9 Å². The Morgan fingerprint density at radius 1 is 1.20 bits per heavy atom. The maximum absolute atomic E-state index is 4.03. The second-order valence-corrected chi connectivity index (χ2v) is 3.65. The monoisotopic (exact) mass is 205 g/mol. The van der Waals surface area contributed by atoms with Gasteiger partial charge in [0.2, 0.25) is 0 Å². The Morgan fingerprint density at radius 3 is 2.20 bits per heavy atom. The Labute approximate surface area is 94.3 Å². The molecule has 0 saturated carbocycles. The molecule has 1 nitrogen and oxygen atoms in total. The lowest BCUT2D eigenvalue weighted by atomic mass is 10.0. The molecule has 0 spiro atoms. The Balaban J connectivity index is 0.000000583. The quantitative estimate of drug-likeness (QED) is 0.694. The van der Waals surface area contributed by atoms with E-state index in [0.717, 1.165) is 6.42 Å². The first-order chi connectivity index (χ1) is 7.26. The van der Waals surface area contributed by atoms with Crippen molar-refractivity contribution in [3.63, 3.8) is 0 Å². The Kier molecular flexibility index (Phi) is 8.75. The summed E-state index contributed by atoms with van der Waals surface area (Å²) in [7, 11) is 0. The van der Waals surface area contributed by atoms with Gasteiger partial charge in [0.1, 0.15) is 0 Å². The largest absolute Gasteiger partial charge is 0.265 e. The number of nitrogens with zero attached hydrogens (tertiary/aromatic N) is 1. The summed E-state index contributed by atoms with van der Waals surface area (Å²) < 4.78 is 0. The van der Waals surface area contributed by atoms with Crippen LogP contribution in [0.5, 0.6) is 0 Å². The standard InChI is InChI=1S/C11H15N.C3H8/c1-3-4-5-10(2)11-6-8-12-9-7-11;1-3-2/h6-9H,2-5H2,1H3;3H2,1-2H3. The summed E-state index contributed by atoms with van der Waals surface area (Å²) in [5.41, 5.74) is 2.44. The van der Waals surface area contributed by atoms with Crippen molar-refractivity contribution in [2.75, 3.05) is 0 Å². The van der Waals surface area contributed by atoms with Crippen LogP contribution in [0.4, 0.5) is 0 Å². The molecule has 15 heavy (non-hydrogen) atoms. The van der Waals surface area contributed by atoms with Gasteiger partial charge in [-0.1, -0.05) is 40.2 Å². The van der Waals surface area contributed by atoms with Gasteiger partial charge in [0.25, 0.3) is 0 Å². The van der Waals surface area contributed by atoms with Crippen LogP contribution in [0.15, 0.2) is 31.1 Å². The fourth-order valence-corrected chi connectivity index (χ4v) is 1.12. The van der Waals surface area contributed by atoms with E-state index in [0.29, 0.717) is 0 Å². The lowest BCUT2D eigenvalue weighted by Crippen LogP contribution is -1.83. The van der Waals surface area contributed by atoms with Gasteiger partial charge in [-0.25, -0.2) is 0 Å². The molecule has 0 aromatic carbocycles. The maximum Gasteiger partial charge on any atom is 0.0273 e. The Bertz CT molecular complexity index is 251. The van der Waals surface area contributed by atoms with Gasteiger partial charge in [0.15, 0.2) is 0 Å². The summed E-state index contributed by atoms with van der Waals surface area (Å²) in [5.74, 6) is 0. The highest BCUT2D eigenvalue weighted by Crippen LogP contribution is 2.16. The molecule has 1 aromatic rings. The van der Waals surface area contributed by atoms with Gasteiger partial charge in [-0.3, -0.25) is 4.98 Å². The molecule has 0 saturated heterocycles. The van der Waals surface area contributed by atoms with Crippen LogP contribution in [0, 0.1) is 0 Å². The fraction of sp³-hybridized carbons (Fsp3) is 0.500. The molecule has 0 bridgehead atoms. The van der Waals surface area contributed by atoms with E-state index in [1.54, 1.807) is 0 Å². The van der Waals surface area contributed by atoms with Gasteiger partial charge in [-0.2, -0.15) is 0 Å². The van der Waals surface area contributed by atoms with E-state index >= 15 is 0 Å². The SMILES string of the molecule is C=C(CCCC)c1ccncc1.CCC. The first-order valence-corrected chi connectivity index (χ1v) is 5.84. The minimum absolute atomic E-state index is 1.10. The minimum atomic E-state index is 1.10. The molecule has 0 radical (unpaired) electrons. The zero-order chi connectivity index (χ0) is 11.5. The highest BCUT2D eigenvalue weighted by atomic mass is 14.6. The summed E-state index contributed by atoms with van der Waals surface area (Å²) in [6.07, 6.45) is 8.42. The molecule has 1 heteroatoms. The van der Waals surface area contributed by atoms with Crippen molar-refractivity contribution in [2.24, 2.45) is 0 Å². The molecular weight excluding hydrogens is 182 g/mol. The third-order valence-electron chi connectivity index (χ3n) is 1.92. The summed E-state index contributed by atoms with van der Waals surface area (Å²) in [4.78, 5) is 3.97. The Morgan fingerprint density at radius 2 is 1.73 bits per heavy atom. The van der Waals surface area contributed by atoms with E-state index in [1.165, 1.54) is 30.4 Å². The van der Waals surface area contributed by atoms with Gasteiger partial charge in [0.05, 0.1) is 0 Å². The summed E-state index contributed by atoms with van der Waals surface area (Å²) >= 11 is 0. The van der Waals surface area contributed by atoms with Crippen molar-refractivity contribution in [1.29, 1.82) is 0 Å². The van der Waals surface area contributed by atoms with Crippen LogP contribution >= 0.6 is 0 Å². The first-order valence-electron chi connectivity index (χ1n) is 5.84. The average Bonchev–Trinajstić information content (AvgIpc) is 2.28. The minimum Gasteiger partial charge on any atom is -0.265 e. The molecule has 0 atom stereocenters. The molecule has 0 aliphatic rings. The predicted octanol–water partition coefficient (Wildman–Crippen LogP) is 4.70. The highest BCUT2D eigenvalue weighted by Gasteiger charge is 1.96. The van der Waals surface area contributed by atoms with Gasteiger partial charge < -0.3 is 0 Å². The van der Waals surface area contributed by atoms with Crippen molar-refractivity contribution in [3.8, 4) is 0 Å². The number of unbranched alkanes of at least 4 members (excludes halogenated alkanes) is 1. The van der Waals surface area contributed by atoms with Gasteiger partial charge >= 0.3 is 0 Å². The molecule has 84 valence electrons. The molecule has 0 unspecified atom stereocenters. The normalized spacial score (nSPS) is 9.00. The van der Waals surface area contributed by atoms with Crippen molar-refractivity contribution in [3.05, 3.63) is 36.7 Å². The van der Waals surface area contributed by atoms with E-state index in [2.05, 4.69) is 32.3 Å². The van der Waals surface area contributed by atoms with Crippen LogP contribution in [0.1, 0.15) is 52.0 Å². The van der Waals surface area contributed by atoms with Crippen molar-refractivity contribution in [2.45, 2.75) is 46.5 Å². The second-order valence-electron chi connectivity index (χ2n) is 3.65. The third-order valence-corrected chi connectivity index (χ3v) is 1.92. The smallest absolute Gasteiger partial charge is 0.0273 e. The van der Waals surface area contributed by atoms with E-state index < -0.39 is 0 Å². The summed E-state index contributed by atoms with van der Waals surface area (Å²) in [5, 5.41) is 0. The van der Waals surface area contributed by atoms with Crippen molar-refractivity contribution >= 4 is 5.57 Å². The van der Waals surface area contributed by atoms with Crippen molar-refractivity contribution < 1.29 is 0 Å². The zero-order valence-corrected chi connectivity index (χ0v) is 10.3. The molecule has 1 heterocycles. The van der Waals surface area contributed by atoms with E-state index in [4.69, 9.17) is 0 Å². The van der Waals surface area contributed by atoms with E-state index in [-0.39, 0.29) is 0 Å². The Hall–Kier alpha value is -1.11. The number of aromatic nitrogens is 1. The molecule has 0 fully saturated rings. The number of hydrogen-bond acceptors (Lipinski definition) is 1. The lowest BCUT2D eigenvalue weighted by Gasteiger charge is -2.03. The fourth-order valence-electron chi connectivity index (χ4n) is 1.12. The molecular formula is C14H23N. The van der Waals surface area contributed by atoms with Gasteiger partial charge in [0, 0.05) is 12.4 Å². The zero-order valence-electron chi connectivity index (χ0n) is 10.3. The third kappa shape index (κ3) is 6.89. The molecule has 1 rings (SSSR count). The maximum atomic E-state index is 4.03. The molecule has 0 aliphatic heterocycles. The molecule has 0 amide bonds. The van der Waals surface area contributed by atoms with Gasteiger partial charge in [-0.05, 0) is 36.1 Å². The van der Waals surface area contributed by atoms with Crippen LogP contribution in [-0.4, -0.2) is 4.98 Å². The second kappa shape index (κ2) is 9.45. The number of pyridine rings is 1. The molecule has 1 aromatic heterocycles. The average molecular weight is 205 g/mol. The van der Waals surface area contributed by atoms with Crippen LogP contribution < -0.4 is 0 Å². The lowest BCUT2D eigenvalue weighted by molar-refractivity contribution is 0.825.